The van der Waals surface area contributed by atoms with Crippen LogP contribution in [0.1, 0.15) is 26.3 Å². The summed E-state index contributed by atoms with van der Waals surface area (Å²) in [4.78, 5) is 12.4. The fourth-order valence-corrected chi connectivity index (χ4v) is 2.06. The normalized spacial score (nSPS) is 11.2. The minimum atomic E-state index is -0.545. The molecule has 0 saturated heterocycles. The van der Waals surface area contributed by atoms with Crippen LogP contribution in [0, 0.1) is 0 Å². The summed E-state index contributed by atoms with van der Waals surface area (Å²) >= 11 is 6.00. The smallest absolute Gasteiger partial charge is 0.429 e. The number of ether oxygens (including phenoxy) is 1. The standard InChI is InChI=1S/C16H19ClN2O2/c1-16(2,3)21-15(20)19(18-9-4-5-10-18)12-13-7-6-8-14(17)11-13/h4-11H,12H2,1-3H3. The third-order valence-corrected chi connectivity index (χ3v) is 2.93. The van der Waals surface area contributed by atoms with Crippen LogP contribution < -0.4 is 5.01 Å². The summed E-state index contributed by atoms with van der Waals surface area (Å²) in [6, 6.07) is 11.1. The van der Waals surface area contributed by atoms with E-state index in [1.807, 2.05) is 51.1 Å². The van der Waals surface area contributed by atoms with Gasteiger partial charge in [0.25, 0.3) is 0 Å². The summed E-state index contributed by atoms with van der Waals surface area (Å²) in [6.07, 6.45) is 3.20. The van der Waals surface area contributed by atoms with Crippen molar-refractivity contribution in [3.63, 3.8) is 0 Å². The molecule has 0 aliphatic heterocycles. The first kappa shape index (κ1) is 15.4. The molecule has 4 nitrogen and oxygen atoms in total. The lowest BCUT2D eigenvalue weighted by Gasteiger charge is -2.28. The molecule has 0 spiro atoms. The maximum Gasteiger partial charge on any atom is 0.429 e. The highest BCUT2D eigenvalue weighted by Gasteiger charge is 2.23. The first-order valence-corrected chi connectivity index (χ1v) is 7.11. The molecule has 0 radical (unpaired) electrons. The van der Waals surface area contributed by atoms with Gasteiger partial charge in [0.05, 0.1) is 6.54 Å². The third-order valence-electron chi connectivity index (χ3n) is 2.69. The molecular weight excluding hydrogens is 288 g/mol. The molecule has 0 saturated carbocycles. The summed E-state index contributed by atoms with van der Waals surface area (Å²) in [5.74, 6) is 0. The Hall–Kier alpha value is -1.94. The topological polar surface area (TPSA) is 34.5 Å². The number of rotatable bonds is 3. The highest BCUT2D eigenvalue weighted by Crippen LogP contribution is 2.15. The van der Waals surface area contributed by atoms with Crippen LogP contribution in [0.2, 0.25) is 5.02 Å². The van der Waals surface area contributed by atoms with E-state index in [2.05, 4.69) is 0 Å². The number of amides is 1. The summed E-state index contributed by atoms with van der Waals surface area (Å²) in [7, 11) is 0. The predicted octanol–water partition coefficient (Wildman–Crippen LogP) is 4.21. The lowest BCUT2D eigenvalue weighted by Crippen LogP contribution is -2.42. The Morgan fingerprint density at radius 3 is 2.48 bits per heavy atom. The van der Waals surface area contributed by atoms with Gasteiger partial charge in [0, 0.05) is 17.4 Å². The molecule has 0 unspecified atom stereocenters. The van der Waals surface area contributed by atoms with Crippen molar-refractivity contribution < 1.29 is 9.53 Å². The van der Waals surface area contributed by atoms with Gasteiger partial charge in [-0.15, -0.1) is 0 Å². The molecule has 5 heteroatoms. The number of carbonyl (C=O) groups excluding carboxylic acids is 1. The Morgan fingerprint density at radius 2 is 1.90 bits per heavy atom. The number of nitrogens with zero attached hydrogens (tertiary/aromatic N) is 2. The van der Waals surface area contributed by atoms with Crippen molar-refractivity contribution in [2.45, 2.75) is 32.9 Å². The molecule has 0 aliphatic carbocycles. The van der Waals surface area contributed by atoms with E-state index in [4.69, 9.17) is 16.3 Å². The van der Waals surface area contributed by atoms with Crippen LogP contribution in [-0.4, -0.2) is 16.4 Å². The van der Waals surface area contributed by atoms with Crippen molar-refractivity contribution in [3.05, 3.63) is 59.4 Å². The van der Waals surface area contributed by atoms with Crippen LogP contribution in [0.15, 0.2) is 48.8 Å². The molecule has 21 heavy (non-hydrogen) atoms. The lowest BCUT2D eigenvalue weighted by molar-refractivity contribution is 0.0534. The van der Waals surface area contributed by atoms with Crippen LogP contribution in [0.3, 0.4) is 0 Å². The fraction of sp³-hybridized carbons (Fsp3) is 0.312. The monoisotopic (exact) mass is 306 g/mol. The number of carbonyl (C=O) groups is 1. The number of aromatic nitrogens is 1. The van der Waals surface area contributed by atoms with Crippen LogP contribution in [-0.2, 0) is 11.3 Å². The van der Waals surface area contributed by atoms with Gasteiger partial charge in [0.15, 0.2) is 0 Å². The number of hydrogen-bond acceptors (Lipinski definition) is 2. The van der Waals surface area contributed by atoms with Gasteiger partial charge in [-0.05, 0) is 50.6 Å². The third kappa shape index (κ3) is 4.53. The Bertz CT molecular complexity index is 603. The van der Waals surface area contributed by atoms with E-state index >= 15 is 0 Å². The van der Waals surface area contributed by atoms with Gasteiger partial charge in [0.1, 0.15) is 5.60 Å². The summed E-state index contributed by atoms with van der Waals surface area (Å²) in [6.45, 7) is 5.92. The zero-order valence-electron chi connectivity index (χ0n) is 12.4. The Morgan fingerprint density at radius 1 is 1.24 bits per heavy atom. The van der Waals surface area contributed by atoms with E-state index in [0.717, 1.165) is 5.56 Å². The Labute approximate surface area is 129 Å². The maximum atomic E-state index is 12.4. The number of benzene rings is 1. The summed E-state index contributed by atoms with van der Waals surface area (Å²) in [5.41, 5.74) is 0.388. The Kier molecular flexibility index (Phi) is 4.58. The molecule has 1 amide bonds. The largest absolute Gasteiger partial charge is 0.442 e. The maximum absolute atomic E-state index is 12.4. The van der Waals surface area contributed by atoms with Crippen molar-refractivity contribution in [3.8, 4) is 0 Å². The zero-order valence-corrected chi connectivity index (χ0v) is 13.2. The Balaban J connectivity index is 2.23. The van der Waals surface area contributed by atoms with Gasteiger partial charge in [0.2, 0.25) is 0 Å². The van der Waals surface area contributed by atoms with Crippen molar-refractivity contribution in [2.24, 2.45) is 0 Å². The van der Waals surface area contributed by atoms with Crippen molar-refractivity contribution >= 4 is 17.7 Å². The number of halogens is 1. The van der Waals surface area contributed by atoms with Crippen molar-refractivity contribution in [2.75, 3.05) is 5.01 Å². The highest BCUT2D eigenvalue weighted by atomic mass is 35.5. The van der Waals surface area contributed by atoms with E-state index in [1.165, 1.54) is 5.01 Å². The molecule has 2 rings (SSSR count). The quantitative estimate of drug-likeness (QED) is 0.851. The fourth-order valence-electron chi connectivity index (χ4n) is 1.85. The second-order valence-electron chi connectivity index (χ2n) is 5.73. The molecule has 0 atom stereocenters. The second kappa shape index (κ2) is 6.22. The van der Waals surface area contributed by atoms with E-state index in [1.54, 1.807) is 23.1 Å². The predicted molar refractivity (Wildman–Crippen MR) is 84.0 cm³/mol. The number of hydrogen-bond donors (Lipinski definition) is 0. The first-order valence-electron chi connectivity index (χ1n) is 6.73. The van der Waals surface area contributed by atoms with Gasteiger partial charge in [-0.1, -0.05) is 23.7 Å². The van der Waals surface area contributed by atoms with Crippen molar-refractivity contribution in [1.29, 1.82) is 0 Å². The average Bonchev–Trinajstić information content (AvgIpc) is 2.87. The molecular formula is C16H19ClN2O2. The minimum Gasteiger partial charge on any atom is -0.442 e. The minimum absolute atomic E-state index is 0.379. The molecule has 0 aliphatic rings. The average molecular weight is 307 g/mol. The molecule has 1 heterocycles. The van der Waals surface area contributed by atoms with E-state index in [-0.39, 0.29) is 0 Å². The van der Waals surface area contributed by atoms with E-state index in [9.17, 15) is 4.79 Å². The molecule has 0 N–H and O–H groups in total. The molecule has 1 aromatic heterocycles. The van der Waals surface area contributed by atoms with Crippen LogP contribution in [0.5, 0.6) is 0 Å². The zero-order chi connectivity index (χ0) is 15.5. The van der Waals surface area contributed by atoms with Crippen molar-refractivity contribution in [1.82, 2.24) is 4.68 Å². The molecule has 1 aromatic carbocycles. The summed E-state index contributed by atoms with van der Waals surface area (Å²) < 4.78 is 7.16. The highest BCUT2D eigenvalue weighted by molar-refractivity contribution is 6.30. The second-order valence-corrected chi connectivity index (χ2v) is 6.17. The SMILES string of the molecule is CC(C)(C)OC(=O)N(Cc1cccc(Cl)c1)n1cccc1. The van der Waals surface area contributed by atoms with Gasteiger partial charge in [-0.25, -0.2) is 9.80 Å². The van der Waals surface area contributed by atoms with Crippen LogP contribution in [0.4, 0.5) is 4.79 Å². The van der Waals surface area contributed by atoms with Gasteiger partial charge < -0.3 is 4.74 Å². The first-order chi connectivity index (χ1) is 9.85. The molecule has 0 bridgehead atoms. The van der Waals surface area contributed by atoms with E-state index in [0.29, 0.717) is 11.6 Å². The molecule has 0 fully saturated rings. The molecule has 112 valence electrons. The van der Waals surface area contributed by atoms with Gasteiger partial charge in [-0.2, -0.15) is 0 Å². The van der Waals surface area contributed by atoms with Gasteiger partial charge in [-0.3, -0.25) is 4.68 Å². The van der Waals surface area contributed by atoms with Crippen LogP contribution in [0.25, 0.3) is 0 Å². The van der Waals surface area contributed by atoms with Gasteiger partial charge >= 0.3 is 6.09 Å². The van der Waals surface area contributed by atoms with Crippen LogP contribution >= 0.6 is 11.6 Å². The van der Waals surface area contributed by atoms with E-state index < -0.39 is 11.7 Å². The summed E-state index contributed by atoms with van der Waals surface area (Å²) in [5, 5.41) is 2.17. The molecule has 2 aromatic rings. The lowest BCUT2D eigenvalue weighted by atomic mass is 10.2.